The number of aryl methyl sites for hydroxylation is 2. The van der Waals surface area contributed by atoms with Gasteiger partial charge in [0.05, 0.1) is 5.69 Å². The van der Waals surface area contributed by atoms with Crippen LogP contribution >= 0.6 is 11.3 Å². The molecule has 2 atom stereocenters. The molecule has 3 aliphatic heterocycles. The third kappa shape index (κ3) is 7.34. The van der Waals surface area contributed by atoms with Gasteiger partial charge in [0.2, 0.25) is 0 Å². The van der Waals surface area contributed by atoms with E-state index in [-0.39, 0.29) is 28.6 Å². The van der Waals surface area contributed by atoms with Crippen LogP contribution in [0.3, 0.4) is 0 Å². The van der Waals surface area contributed by atoms with E-state index in [0.29, 0.717) is 0 Å². The number of fused-ring (bicyclic) bond motifs is 11. The van der Waals surface area contributed by atoms with Gasteiger partial charge < -0.3 is 14.6 Å². The quantitative estimate of drug-likeness (QED) is 0.120. The molecule has 9 aromatic rings. The molecule has 1 fully saturated rings. The van der Waals surface area contributed by atoms with Crippen LogP contribution in [0, 0.1) is 0 Å². The van der Waals surface area contributed by atoms with Crippen LogP contribution < -0.4 is 25.5 Å². The van der Waals surface area contributed by atoms with Crippen molar-refractivity contribution < 1.29 is 0 Å². The normalized spacial score (nSPS) is 20.2. The first-order valence-corrected chi connectivity index (χ1v) is 30.2. The molecule has 1 saturated carbocycles. The van der Waals surface area contributed by atoms with Crippen molar-refractivity contribution in [1.82, 2.24) is 0 Å². The van der Waals surface area contributed by atoms with Crippen LogP contribution in [0.4, 0.5) is 39.8 Å². The molecule has 5 heteroatoms. The average Bonchev–Trinajstić information content (AvgIpc) is 4.15. The summed E-state index contributed by atoms with van der Waals surface area (Å²) in [6.45, 7) is 19.8. The molecule has 2 unspecified atom stereocenters. The van der Waals surface area contributed by atoms with E-state index >= 15 is 0 Å². The minimum atomic E-state index is -0.0898. The number of hydrogen-bond acceptors (Lipinski definition) is 4. The maximum Gasteiger partial charge on any atom is 0.328 e. The summed E-state index contributed by atoms with van der Waals surface area (Å²) >= 11 is 2.01. The van der Waals surface area contributed by atoms with Gasteiger partial charge in [0.15, 0.2) is 0 Å². The number of para-hydroxylation sites is 2. The number of thiophene rings is 1. The molecule has 386 valence electrons. The van der Waals surface area contributed by atoms with E-state index in [0.717, 1.165) is 18.5 Å². The van der Waals surface area contributed by atoms with E-state index in [1.165, 1.54) is 180 Å². The van der Waals surface area contributed by atoms with Crippen molar-refractivity contribution in [3.8, 4) is 22.3 Å². The van der Waals surface area contributed by atoms with Gasteiger partial charge in [0.1, 0.15) is 0 Å². The fourth-order valence-electron chi connectivity index (χ4n) is 15.4. The summed E-state index contributed by atoms with van der Waals surface area (Å²) in [5, 5.41) is 2.82. The largest absolute Gasteiger partial charge is 0.400 e. The fraction of sp³-hybridized carbons (Fsp3) is 0.333. The molecule has 8 aromatic carbocycles. The lowest BCUT2D eigenvalue weighted by Gasteiger charge is -2.55. The first kappa shape index (κ1) is 48.8. The maximum atomic E-state index is 3.02. The van der Waals surface area contributed by atoms with Crippen LogP contribution in [-0.2, 0) is 29.1 Å². The molecule has 3 nitrogen and oxygen atoms in total. The van der Waals surface area contributed by atoms with Crippen molar-refractivity contribution in [3.63, 3.8) is 0 Å². The monoisotopic (exact) mass is 1020 g/mol. The molecule has 4 heterocycles. The van der Waals surface area contributed by atoms with Gasteiger partial charge in [-0.1, -0.05) is 165 Å². The molecule has 1 aromatic heterocycles. The highest BCUT2D eigenvalue weighted by atomic mass is 32.1. The SMILES string of the molecule is CCCCc1ccc(N(c2ccccc2)c2cc3c4c(c2)N(c2ccc(CCCC)cc2-c2ccccc2)c2cc5sc6cc7c(cc6c5cc2B4N2c4c-3cccc4C3(C)CCCCC23C)C(C)(C)CCC7(C)C)cc1. The number of benzene rings is 8. The van der Waals surface area contributed by atoms with Crippen LogP contribution in [0.2, 0.25) is 0 Å². The lowest BCUT2D eigenvalue weighted by molar-refractivity contribution is 0.199. The van der Waals surface area contributed by atoms with Crippen LogP contribution in [0.15, 0.2) is 158 Å². The zero-order valence-corrected chi connectivity index (χ0v) is 47.6. The second-order valence-electron chi connectivity index (χ2n) is 25.5. The molecular weight excluding hydrogens is 950 g/mol. The van der Waals surface area contributed by atoms with Gasteiger partial charge in [0.25, 0.3) is 0 Å². The predicted octanol–water partition coefficient (Wildman–Crippen LogP) is 19.2. The Labute approximate surface area is 463 Å². The zero-order chi connectivity index (χ0) is 52.6. The van der Waals surface area contributed by atoms with E-state index < -0.39 is 0 Å². The zero-order valence-electron chi connectivity index (χ0n) is 46.8. The first-order valence-electron chi connectivity index (χ1n) is 29.4. The summed E-state index contributed by atoms with van der Waals surface area (Å²) in [6, 6.07) is 62.5. The van der Waals surface area contributed by atoms with Crippen LogP contribution in [-0.4, -0.2) is 12.4 Å². The Hall–Kier alpha value is -6.56. The van der Waals surface area contributed by atoms with Gasteiger partial charge >= 0.3 is 6.85 Å². The molecule has 5 aliphatic rings. The Kier molecular flexibility index (Phi) is 11.4. The second kappa shape index (κ2) is 18.0. The number of unbranched alkanes of at least 4 members (excludes halogenated alkanes) is 2. The average molecular weight is 1020 g/mol. The Balaban J connectivity index is 1.11. The molecule has 0 amide bonds. The highest BCUT2D eigenvalue weighted by Gasteiger charge is 2.63. The smallest absolute Gasteiger partial charge is 0.328 e. The van der Waals surface area contributed by atoms with Gasteiger partial charge in [-0.05, 0) is 186 Å². The summed E-state index contributed by atoms with van der Waals surface area (Å²) in [5.74, 6) is 0. The van der Waals surface area contributed by atoms with E-state index in [9.17, 15) is 0 Å². The highest BCUT2D eigenvalue weighted by Crippen LogP contribution is 2.64. The van der Waals surface area contributed by atoms with Crippen LogP contribution in [0.1, 0.15) is 147 Å². The number of rotatable bonds is 11. The van der Waals surface area contributed by atoms with E-state index in [1.807, 2.05) is 11.3 Å². The van der Waals surface area contributed by atoms with Gasteiger partial charge in [-0.15, -0.1) is 11.3 Å². The van der Waals surface area contributed by atoms with Crippen molar-refractivity contribution >= 4 is 89.1 Å². The third-order valence-electron chi connectivity index (χ3n) is 20.0. The van der Waals surface area contributed by atoms with E-state index in [2.05, 4.69) is 228 Å². The van der Waals surface area contributed by atoms with Gasteiger partial charge in [-0.2, -0.15) is 0 Å². The lowest BCUT2D eigenvalue weighted by atomic mass is 9.42. The van der Waals surface area contributed by atoms with Gasteiger partial charge in [-0.3, -0.25) is 0 Å². The summed E-state index contributed by atoms with van der Waals surface area (Å²) in [6.07, 6.45) is 14.2. The summed E-state index contributed by atoms with van der Waals surface area (Å²) in [7, 11) is 0. The van der Waals surface area contributed by atoms with E-state index in [4.69, 9.17) is 0 Å². The Morgan fingerprint density at radius 3 is 1.90 bits per heavy atom. The Morgan fingerprint density at radius 2 is 1.16 bits per heavy atom. The minimum absolute atomic E-state index is 0.0000493. The Bertz CT molecular complexity index is 3800. The topological polar surface area (TPSA) is 9.72 Å². The molecule has 0 bridgehead atoms. The second-order valence-corrected chi connectivity index (χ2v) is 26.6. The van der Waals surface area contributed by atoms with Crippen molar-refractivity contribution in [3.05, 3.63) is 186 Å². The predicted molar refractivity (Wildman–Crippen MR) is 334 cm³/mol. The molecule has 0 radical (unpaired) electrons. The molecule has 0 saturated heterocycles. The molecule has 2 aliphatic carbocycles. The lowest BCUT2D eigenvalue weighted by Crippen LogP contribution is -2.70. The number of nitrogens with zero attached hydrogens (tertiary/aromatic N) is 3. The van der Waals surface area contributed by atoms with Crippen LogP contribution in [0.25, 0.3) is 42.4 Å². The molecular formula is C72H74BN3S. The van der Waals surface area contributed by atoms with Gasteiger partial charge in [0, 0.05) is 76.4 Å². The van der Waals surface area contributed by atoms with E-state index in [1.54, 1.807) is 0 Å². The third-order valence-corrected chi connectivity index (χ3v) is 21.1. The molecule has 77 heavy (non-hydrogen) atoms. The van der Waals surface area contributed by atoms with Gasteiger partial charge in [-0.25, -0.2) is 0 Å². The number of hydrogen-bond donors (Lipinski definition) is 0. The van der Waals surface area contributed by atoms with Crippen molar-refractivity contribution in [2.45, 2.75) is 154 Å². The first-order chi connectivity index (χ1) is 37.3. The summed E-state index contributed by atoms with van der Waals surface area (Å²) < 4.78 is 2.77. The molecule has 0 N–H and O–H groups in total. The molecule has 0 spiro atoms. The van der Waals surface area contributed by atoms with Crippen LogP contribution in [0.5, 0.6) is 0 Å². The standard InChI is InChI=1S/C72H74BN3S/c1-9-11-22-47-30-33-51(34-31-47)74(50-26-17-14-18-27-50)52-41-57-53-28-21-29-58-68(53)76(72(8)37-20-19-36-71(58,72)7)73-61-44-56-55-43-59-60(70(5,6)39-38-69(59,3)4)45-65(55)77-66(56)46-63(61)75(64(42-52)67(57)73)62-35-32-48(23-12-10-2)40-54(62)49-24-15-13-16-25-49/h13-18,21,24-35,40-46H,9-12,19-20,22-23,36-39H2,1-8H3. The van der Waals surface area contributed by atoms with Crippen molar-refractivity contribution in [2.75, 3.05) is 14.6 Å². The summed E-state index contributed by atoms with van der Waals surface area (Å²) in [4.78, 5) is 8.29. The maximum absolute atomic E-state index is 3.02. The Morgan fingerprint density at radius 1 is 0.506 bits per heavy atom. The van der Waals surface area contributed by atoms with Crippen molar-refractivity contribution in [1.29, 1.82) is 0 Å². The fourth-order valence-corrected chi connectivity index (χ4v) is 16.5. The number of anilines is 7. The highest BCUT2D eigenvalue weighted by molar-refractivity contribution is 7.26. The van der Waals surface area contributed by atoms with Crippen molar-refractivity contribution in [2.24, 2.45) is 0 Å². The molecule has 14 rings (SSSR count). The summed E-state index contributed by atoms with van der Waals surface area (Å²) in [5.41, 5.74) is 24.5. The minimum Gasteiger partial charge on any atom is -0.400 e.